The minimum Gasteiger partial charge on any atom is -0.325 e. The average molecular weight is 557 g/mol. The van der Waals surface area contributed by atoms with E-state index in [1.165, 1.54) is 24.3 Å². The number of amides is 4. The normalized spacial score (nSPS) is 19.5. The van der Waals surface area contributed by atoms with Crippen molar-refractivity contribution in [1.29, 1.82) is 0 Å². The highest BCUT2D eigenvalue weighted by atomic mass is 32.2. The highest BCUT2D eigenvalue weighted by Gasteiger charge is 2.48. The number of hydrogen-bond donors (Lipinski definition) is 2. The number of thioether (sulfide) groups is 1. The number of nitrogens with zero attached hydrogens (tertiary/aromatic N) is 2. The number of benzene rings is 2. The fourth-order valence-corrected chi connectivity index (χ4v) is 5.50. The molecule has 2 fully saturated rings. The number of nitrogens with one attached hydrogen (secondary N) is 1. The molecule has 37 heavy (non-hydrogen) atoms. The molecule has 4 amide bonds. The predicted molar refractivity (Wildman–Crippen MR) is 142 cm³/mol. The van der Waals surface area contributed by atoms with Crippen LogP contribution in [0, 0.1) is 0 Å². The van der Waals surface area contributed by atoms with E-state index in [0.29, 0.717) is 4.91 Å². The fraction of sp³-hybridized carbons (Fsp3) is 0.125. The second kappa shape index (κ2) is 10.8. The van der Waals surface area contributed by atoms with Gasteiger partial charge >= 0.3 is 0 Å². The maximum absolute atomic E-state index is 13.0. The number of anilines is 1. The van der Waals surface area contributed by atoms with E-state index in [9.17, 15) is 27.6 Å². The monoisotopic (exact) mass is 556 g/mol. The molecule has 190 valence electrons. The number of primary sulfonamides is 1. The molecule has 0 bridgehead atoms. The predicted octanol–water partition coefficient (Wildman–Crippen LogP) is 1.86. The van der Waals surface area contributed by atoms with Crippen LogP contribution in [0.15, 0.2) is 76.5 Å². The van der Waals surface area contributed by atoms with Crippen LogP contribution >= 0.6 is 24.0 Å². The van der Waals surface area contributed by atoms with E-state index in [-0.39, 0.29) is 21.3 Å². The van der Waals surface area contributed by atoms with Crippen LogP contribution in [0.4, 0.5) is 5.69 Å². The molecule has 0 radical (unpaired) electrons. The first-order valence-electron chi connectivity index (χ1n) is 10.8. The van der Waals surface area contributed by atoms with E-state index in [4.69, 9.17) is 17.4 Å². The average Bonchev–Trinajstić information content (AvgIpc) is 3.28. The summed E-state index contributed by atoms with van der Waals surface area (Å²) in [6, 6.07) is 13.4. The number of rotatable bonds is 7. The van der Waals surface area contributed by atoms with Gasteiger partial charge in [0.15, 0.2) is 0 Å². The van der Waals surface area contributed by atoms with Gasteiger partial charge in [-0.2, -0.15) is 0 Å². The summed E-state index contributed by atoms with van der Waals surface area (Å²) in [5.41, 5.74) is 1.19. The van der Waals surface area contributed by atoms with Crippen molar-refractivity contribution in [3.8, 4) is 0 Å². The molecule has 0 aliphatic carbocycles. The zero-order chi connectivity index (χ0) is 26.7. The summed E-state index contributed by atoms with van der Waals surface area (Å²) in [6.45, 7) is -0.574. The van der Waals surface area contributed by atoms with Crippen molar-refractivity contribution in [2.75, 3.05) is 11.9 Å². The molecule has 2 saturated heterocycles. The summed E-state index contributed by atoms with van der Waals surface area (Å²) in [6.07, 6.45) is 4.82. The van der Waals surface area contributed by atoms with Gasteiger partial charge in [-0.1, -0.05) is 66.5 Å². The summed E-state index contributed by atoms with van der Waals surface area (Å²) in [4.78, 5) is 53.0. The van der Waals surface area contributed by atoms with E-state index >= 15 is 0 Å². The van der Waals surface area contributed by atoms with E-state index in [0.717, 1.165) is 27.1 Å². The number of imide groups is 1. The van der Waals surface area contributed by atoms with Gasteiger partial charge in [0.05, 0.1) is 16.2 Å². The minimum absolute atomic E-state index is 0.133. The molecule has 1 atom stereocenters. The highest BCUT2D eigenvalue weighted by Crippen LogP contribution is 2.35. The lowest BCUT2D eigenvalue weighted by atomic mass is 10.2. The molecule has 2 aromatic carbocycles. The summed E-state index contributed by atoms with van der Waals surface area (Å²) < 4.78 is 22.8. The van der Waals surface area contributed by atoms with E-state index in [1.54, 1.807) is 12.2 Å². The lowest BCUT2D eigenvalue weighted by Crippen LogP contribution is -2.45. The molecule has 3 N–H and O–H groups in total. The zero-order valence-corrected chi connectivity index (χ0v) is 21.5. The second-order valence-corrected chi connectivity index (χ2v) is 11.2. The highest BCUT2D eigenvalue weighted by molar-refractivity contribution is 8.26. The van der Waals surface area contributed by atoms with Crippen LogP contribution in [0.1, 0.15) is 12.0 Å². The standard InChI is InChI=1S/C24H20N4O6S3/c25-37(33,34)17-11-9-16(10-12-17)26-20(29)14-27-21(30)13-18(22(27)31)28-23(32)19(36-24(28)35)8-4-7-15-5-2-1-3-6-15/h1-12,18H,13-14H2,(H,26,29)(H2,25,33,34)/b7-4+,19-8-/t18-/m1/s1. The maximum Gasteiger partial charge on any atom is 0.266 e. The van der Waals surface area contributed by atoms with Gasteiger partial charge in [-0.25, -0.2) is 13.6 Å². The van der Waals surface area contributed by atoms with Crippen molar-refractivity contribution >= 4 is 73.7 Å². The molecule has 2 aliphatic heterocycles. The second-order valence-electron chi connectivity index (χ2n) is 8.00. The van der Waals surface area contributed by atoms with Crippen molar-refractivity contribution in [2.24, 2.45) is 5.14 Å². The number of nitrogens with two attached hydrogens (primary N) is 1. The van der Waals surface area contributed by atoms with Crippen LogP contribution in [-0.2, 0) is 29.2 Å². The molecule has 0 unspecified atom stereocenters. The Hall–Kier alpha value is -3.65. The summed E-state index contributed by atoms with van der Waals surface area (Å²) >= 11 is 6.34. The Balaban J connectivity index is 1.40. The van der Waals surface area contributed by atoms with Gasteiger partial charge in [0.1, 0.15) is 16.9 Å². The quantitative estimate of drug-likeness (QED) is 0.298. The molecule has 2 heterocycles. The van der Waals surface area contributed by atoms with Crippen LogP contribution in [0.5, 0.6) is 0 Å². The number of sulfonamides is 1. The van der Waals surface area contributed by atoms with Crippen LogP contribution in [0.2, 0.25) is 0 Å². The molecule has 0 saturated carbocycles. The summed E-state index contributed by atoms with van der Waals surface area (Å²) in [5, 5.41) is 7.53. The minimum atomic E-state index is -3.89. The topological polar surface area (TPSA) is 147 Å². The lowest BCUT2D eigenvalue weighted by molar-refractivity contribution is -0.143. The first-order chi connectivity index (χ1) is 17.5. The Kier molecular flexibility index (Phi) is 7.68. The number of carbonyl (C=O) groups excluding carboxylic acids is 4. The molecule has 0 spiro atoms. The fourth-order valence-electron chi connectivity index (χ4n) is 3.68. The molecule has 0 aromatic heterocycles. The zero-order valence-electron chi connectivity index (χ0n) is 19.1. The number of allylic oxidation sites excluding steroid dienone is 2. The van der Waals surface area contributed by atoms with Crippen LogP contribution in [0.3, 0.4) is 0 Å². The lowest BCUT2D eigenvalue weighted by Gasteiger charge is -2.21. The van der Waals surface area contributed by atoms with Crippen molar-refractivity contribution in [3.05, 3.63) is 77.2 Å². The Bertz CT molecular complexity index is 1450. The van der Waals surface area contributed by atoms with E-state index in [2.05, 4.69) is 5.32 Å². The number of thiocarbonyl (C=S) groups is 1. The van der Waals surface area contributed by atoms with Crippen molar-refractivity contribution < 1.29 is 27.6 Å². The van der Waals surface area contributed by atoms with Crippen molar-refractivity contribution in [3.63, 3.8) is 0 Å². The SMILES string of the molecule is NS(=O)(=O)c1ccc(NC(=O)CN2C(=O)C[C@@H](N3C(=O)/C(=C/C=C/c4ccccc4)SC3=S)C2=O)cc1. The van der Waals surface area contributed by atoms with Gasteiger partial charge in [0.2, 0.25) is 21.8 Å². The van der Waals surface area contributed by atoms with E-state index in [1.807, 2.05) is 36.4 Å². The molecule has 2 aromatic rings. The Morgan fingerprint density at radius 2 is 1.78 bits per heavy atom. The molecule has 2 aliphatic rings. The third-order valence-corrected chi connectivity index (χ3v) is 7.74. The number of carbonyl (C=O) groups is 4. The summed E-state index contributed by atoms with van der Waals surface area (Å²) in [5.74, 6) is -2.49. The smallest absolute Gasteiger partial charge is 0.266 e. The Morgan fingerprint density at radius 3 is 2.43 bits per heavy atom. The molecule has 13 heteroatoms. The van der Waals surface area contributed by atoms with Crippen molar-refractivity contribution in [1.82, 2.24) is 9.80 Å². The molecule has 4 rings (SSSR count). The number of hydrogen-bond acceptors (Lipinski definition) is 8. The number of likely N-dealkylation sites (tertiary alicyclic amines) is 1. The van der Waals surface area contributed by atoms with Gasteiger partial charge < -0.3 is 5.32 Å². The van der Waals surface area contributed by atoms with Gasteiger partial charge in [0, 0.05) is 5.69 Å². The van der Waals surface area contributed by atoms with Crippen LogP contribution in [0.25, 0.3) is 6.08 Å². The van der Waals surface area contributed by atoms with Gasteiger partial charge in [-0.3, -0.25) is 29.0 Å². The largest absolute Gasteiger partial charge is 0.325 e. The van der Waals surface area contributed by atoms with Gasteiger partial charge in [0.25, 0.3) is 11.8 Å². The van der Waals surface area contributed by atoms with Gasteiger partial charge in [-0.15, -0.1) is 0 Å². The molecular formula is C24H20N4O6S3. The molecular weight excluding hydrogens is 536 g/mol. The summed E-state index contributed by atoms with van der Waals surface area (Å²) in [7, 11) is -3.89. The maximum atomic E-state index is 13.0. The van der Waals surface area contributed by atoms with Crippen LogP contribution in [-0.4, -0.2) is 58.8 Å². The first kappa shape index (κ1) is 26.4. The van der Waals surface area contributed by atoms with Crippen LogP contribution < -0.4 is 10.5 Å². The van der Waals surface area contributed by atoms with Crippen molar-refractivity contribution in [2.45, 2.75) is 17.4 Å². The first-order valence-corrected chi connectivity index (χ1v) is 13.6. The third kappa shape index (κ3) is 6.02. The molecule has 10 nitrogen and oxygen atoms in total. The third-order valence-electron chi connectivity index (χ3n) is 5.46. The Morgan fingerprint density at radius 1 is 1.11 bits per heavy atom. The van der Waals surface area contributed by atoms with Gasteiger partial charge in [-0.05, 0) is 35.9 Å². The Labute approximate surface area is 222 Å². The van der Waals surface area contributed by atoms with E-state index < -0.39 is 46.2 Å².